The average molecular weight is 283 g/mol. The number of nitrogens with one attached hydrogen (secondary N) is 1. The summed E-state index contributed by atoms with van der Waals surface area (Å²) in [6.45, 7) is 0. The Morgan fingerprint density at radius 3 is 2.20 bits per heavy atom. The molecular formula is C13H8F3NO3. The molecule has 2 N–H and O–H groups in total. The number of aromatic carboxylic acids is 1. The molecule has 0 unspecified atom stereocenters. The van der Waals surface area contributed by atoms with E-state index in [1.54, 1.807) is 0 Å². The number of aromatic nitrogens is 1. The lowest BCUT2D eigenvalue weighted by Gasteiger charge is -2.08. The van der Waals surface area contributed by atoms with E-state index in [0.717, 1.165) is 24.3 Å². The van der Waals surface area contributed by atoms with E-state index in [2.05, 4.69) is 4.98 Å². The van der Waals surface area contributed by atoms with Gasteiger partial charge in [-0.2, -0.15) is 13.2 Å². The lowest BCUT2D eigenvalue weighted by Crippen LogP contribution is -2.14. The summed E-state index contributed by atoms with van der Waals surface area (Å²) in [7, 11) is 0. The second kappa shape index (κ2) is 4.84. The van der Waals surface area contributed by atoms with Crippen LogP contribution in [0.3, 0.4) is 0 Å². The Morgan fingerprint density at radius 2 is 1.70 bits per heavy atom. The van der Waals surface area contributed by atoms with Crippen LogP contribution in [-0.2, 0) is 6.18 Å². The molecule has 1 aromatic heterocycles. The maximum Gasteiger partial charge on any atom is 0.416 e. The maximum absolute atomic E-state index is 12.4. The smallest absolute Gasteiger partial charge is 0.416 e. The molecule has 7 heteroatoms. The van der Waals surface area contributed by atoms with Crippen molar-refractivity contribution in [3.63, 3.8) is 0 Å². The van der Waals surface area contributed by atoms with Gasteiger partial charge in [0, 0.05) is 6.20 Å². The van der Waals surface area contributed by atoms with E-state index in [4.69, 9.17) is 5.11 Å². The molecule has 0 fully saturated rings. The summed E-state index contributed by atoms with van der Waals surface area (Å²) >= 11 is 0. The molecular weight excluding hydrogens is 275 g/mol. The number of hydrogen-bond acceptors (Lipinski definition) is 2. The van der Waals surface area contributed by atoms with Crippen molar-refractivity contribution in [2.24, 2.45) is 0 Å². The second-order valence-electron chi connectivity index (χ2n) is 3.98. The van der Waals surface area contributed by atoms with Crippen LogP contribution in [0.15, 0.2) is 41.3 Å². The van der Waals surface area contributed by atoms with E-state index in [-0.39, 0.29) is 16.7 Å². The first kappa shape index (κ1) is 13.9. The van der Waals surface area contributed by atoms with E-state index >= 15 is 0 Å². The van der Waals surface area contributed by atoms with Crippen molar-refractivity contribution in [3.05, 3.63) is 58.0 Å². The lowest BCUT2D eigenvalue weighted by molar-refractivity contribution is -0.137. The average Bonchev–Trinajstić information content (AvgIpc) is 2.37. The number of carboxylic acid groups (broad SMARTS) is 1. The number of aromatic amines is 1. The van der Waals surface area contributed by atoms with Gasteiger partial charge in [0.25, 0.3) is 5.56 Å². The Kier molecular flexibility index (Phi) is 3.35. The number of alkyl halides is 3. The second-order valence-corrected chi connectivity index (χ2v) is 3.98. The predicted octanol–water partition coefficient (Wildman–Crippen LogP) is 2.76. The Morgan fingerprint density at radius 1 is 1.10 bits per heavy atom. The molecule has 0 spiro atoms. The number of rotatable bonds is 2. The van der Waals surface area contributed by atoms with Gasteiger partial charge in [0.15, 0.2) is 0 Å². The first-order valence-corrected chi connectivity index (χ1v) is 5.43. The van der Waals surface area contributed by atoms with Gasteiger partial charge in [-0.1, -0.05) is 12.1 Å². The number of benzene rings is 1. The van der Waals surface area contributed by atoms with Gasteiger partial charge in [0.05, 0.1) is 16.7 Å². The predicted molar refractivity (Wildman–Crippen MR) is 64.5 cm³/mol. The zero-order valence-electron chi connectivity index (χ0n) is 9.86. The van der Waals surface area contributed by atoms with Gasteiger partial charge in [-0.25, -0.2) is 4.79 Å². The van der Waals surface area contributed by atoms with Crippen LogP contribution in [-0.4, -0.2) is 16.1 Å². The minimum absolute atomic E-state index is 0.109. The largest absolute Gasteiger partial charge is 0.478 e. The Hall–Kier alpha value is -2.57. The Bertz CT molecular complexity index is 702. The van der Waals surface area contributed by atoms with Crippen LogP contribution in [0.25, 0.3) is 11.1 Å². The summed E-state index contributed by atoms with van der Waals surface area (Å²) < 4.78 is 37.3. The number of carbonyl (C=O) groups is 1. The number of halogens is 3. The highest BCUT2D eigenvalue weighted by molar-refractivity contribution is 5.95. The van der Waals surface area contributed by atoms with Crippen LogP contribution in [0, 0.1) is 0 Å². The molecule has 2 aromatic rings. The standard InChI is InChI=1S/C13H8F3NO3/c14-13(15,16)8-3-1-7(2-4-8)10-9(12(19)20)5-6-17-11(10)18/h1-6H,(H,17,18)(H,19,20). The van der Waals surface area contributed by atoms with E-state index in [0.29, 0.717) is 0 Å². The van der Waals surface area contributed by atoms with E-state index in [9.17, 15) is 22.8 Å². The summed E-state index contributed by atoms with van der Waals surface area (Å²) in [6, 6.07) is 4.91. The topological polar surface area (TPSA) is 70.2 Å². The Labute approximate surface area is 110 Å². The summed E-state index contributed by atoms with van der Waals surface area (Å²) in [5.41, 5.74) is -1.88. The summed E-state index contributed by atoms with van der Waals surface area (Å²) in [5.74, 6) is -1.33. The van der Waals surface area contributed by atoms with Crippen molar-refractivity contribution in [2.75, 3.05) is 0 Å². The van der Waals surface area contributed by atoms with Gasteiger partial charge in [0.1, 0.15) is 0 Å². The van der Waals surface area contributed by atoms with Crippen molar-refractivity contribution in [1.82, 2.24) is 4.98 Å². The highest BCUT2D eigenvalue weighted by Crippen LogP contribution is 2.30. The van der Waals surface area contributed by atoms with E-state index < -0.39 is 23.3 Å². The van der Waals surface area contributed by atoms with Gasteiger partial charge in [-0.05, 0) is 23.8 Å². The molecule has 0 aliphatic carbocycles. The number of H-pyrrole nitrogens is 1. The van der Waals surface area contributed by atoms with Gasteiger partial charge >= 0.3 is 12.1 Å². The van der Waals surface area contributed by atoms with Crippen LogP contribution in [0.1, 0.15) is 15.9 Å². The zero-order chi connectivity index (χ0) is 14.9. The molecule has 0 saturated heterocycles. The molecule has 0 saturated carbocycles. The van der Waals surface area contributed by atoms with Crippen molar-refractivity contribution in [2.45, 2.75) is 6.18 Å². The maximum atomic E-state index is 12.4. The molecule has 4 nitrogen and oxygen atoms in total. The van der Waals surface area contributed by atoms with Crippen LogP contribution < -0.4 is 5.56 Å². The quantitative estimate of drug-likeness (QED) is 0.890. The molecule has 2 rings (SSSR count). The minimum Gasteiger partial charge on any atom is -0.478 e. The molecule has 104 valence electrons. The van der Waals surface area contributed by atoms with Gasteiger partial charge in [-0.15, -0.1) is 0 Å². The molecule has 0 aliphatic heterocycles. The molecule has 1 aromatic carbocycles. The fraction of sp³-hybridized carbons (Fsp3) is 0.0769. The molecule has 0 atom stereocenters. The monoisotopic (exact) mass is 283 g/mol. The molecule has 20 heavy (non-hydrogen) atoms. The van der Waals surface area contributed by atoms with Gasteiger partial charge < -0.3 is 10.1 Å². The summed E-state index contributed by atoms with van der Waals surface area (Å²) in [4.78, 5) is 25.0. The van der Waals surface area contributed by atoms with Crippen LogP contribution in [0.5, 0.6) is 0 Å². The third kappa shape index (κ3) is 2.56. The van der Waals surface area contributed by atoms with E-state index in [1.165, 1.54) is 12.3 Å². The minimum atomic E-state index is -4.49. The number of pyridine rings is 1. The van der Waals surface area contributed by atoms with Crippen LogP contribution >= 0.6 is 0 Å². The number of carboxylic acids is 1. The SMILES string of the molecule is O=C(O)c1cc[nH]c(=O)c1-c1ccc(C(F)(F)F)cc1. The Balaban J connectivity index is 2.58. The van der Waals surface area contributed by atoms with Crippen LogP contribution in [0.2, 0.25) is 0 Å². The lowest BCUT2D eigenvalue weighted by atomic mass is 10.0. The van der Waals surface area contributed by atoms with Crippen LogP contribution in [0.4, 0.5) is 13.2 Å². The van der Waals surface area contributed by atoms with Gasteiger partial charge in [-0.3, -0.25) is 4.79 Å². The molecule has 1 heterocycles. The summed E-state index contributed by atoms with van der Waals surface area (Å²) in [6.07, 6.45) is -3.32. The van der Waals surface area contributed by atoms with Gasteiger partial charge in [0.2, 0.25) is 0 Å². The third-order valence-electron chi connectivity index (χ3n) is 2.69. The molecule has 0 bridgehead atoms. The van der Waals surface area contributed by atoms with Crippen molar-refractivity contribution < 1.29 is 23.1 Å². The fourth-order valence-electron chi connectivity index (χ4n) is 1.77. The third-order valence-corrected chi connectivity index (χ3v) is 2.69. The van der Waals surface area contributed by atoms with E-state index in [1.807, 2.05) is 0 Å². The summed E-state index contributed by atoms with van der Waals surface area (Å²) in [5, 5.41) is 9.00. The zero-order valence-corrected chi connectivity index (χ0v) is 9.86. The van der Waals surface area contributed by atoms with Crippen molar-refractivity contribution in [1.29, 1.82) is 0 Å². The normalized spacial score (nSPS) is 11.3. The molecule has 0 radical (unpaired) electrons. The first-order valence-electron chi connectivity index (χ1n) is 5.43. The molecule has 0 aliphatic rings. The fourth-order valence-corrected chi connectivity index (χ4v) is 1.77. The number of hydrogen-bond donors (Lipinski definition) is 2. The highest BCUT2D eigenvalue weighted by Gasteiger charge is 2.30. The first-order chi connectivity index (χ1) is 9.30. The van der Waals surface area contributed by atoms with Crippen molar-refractivity contribution in [3.8, 4) is 11.1 Å². The van der Waals surface area contributed by atoms with Crippen molar-refractivity contribution >= 4 is 5.97 Å². The highest BCUT2D eigenvalue weighted by atomic mass is 19.4. The molecule has 0 amide bonds.